The summed E-state index contributed by atoms with van der Waals surface area (Å²) < 4.78 is 85.1. The summed E-state index contributed by atoms with van der Waals surface area (Å²) in [5, 5.41) is 11.1. The molecule has 0 saturated carbocycles. The van der Waals surface area contributed by atoms with E-state index in [0.717, 1.165) is 12.5 Å². The molecule has 4 nitrogen and oxygen atoms in total. The van der Waals surface area contributed by atoms with E-state index in [1.807, 2.05) is 0 Å². The maximum atomic E-state index is 11.1. The van der Waals surface area contributed by atoms with Gasteiger partial charge in [-0.05, 0) is 54.2 Å². The first-order valence-corrected chi connectivity index (χ1v) is 7.64. The van der Waals surface area contributed by atoms with E-state index in [4.69, 9.17) is 21.8 Å². The number of methoxy groups -OCH3 is 2. The fraction of sp³-hybridized carbons (Fsp3) is 0.684. The molecule has 0 aromatic heterocycles. The number of benzene rings is 1. The van der Waals surface area contributed by atoms with Gasteiger partial charge in [-0.15, -0.1) is 0 Å². The van der Waals surface area contributed by atoms with Crippen LogP contribution >= 0.6 is 0 Å². The van der Waals surface area contributed by atoms with Crippen molar-refractivity contribution in [2.45, 2.75) is 45.1 Å². The van der Waals surface area contributed by atoms with Crippen molar-refractivity contribution in [3.05, 3.63) is 23.3 Å². The molecule has 0 radical (unpaired) electrons. The Labute approximate surface area is 152 Å². The normalized spacial score (nSPS) is 42.3. The van der Waals surface area contributed by atoms with Crippen LogP contribution in [0.3, 0.4) is 0 Å². The molecule has 2 heterocycles. The van der Waals surface area contributed by atoms with Gasteiger partial charge in [-0.2, -0.15) is 0 Å². The monoisotopic (exact) mass is 328 g/mol. The molecule has 1 aromatic carbocycles. The lowest BCUT2D eigenvalue weighted by Crippen LogP contribution is -2.48. The van der Waals surface area contributed by atoms with Crippen molar-refractivity contribution in [2.75, 3.05) is 27.3 Å². The van der Waals surface area contributed by atoms with Gasteiger partial charge in [0.05, 0.1) is 20.3 Å². The van der Waals surface area contributed by atoms with Crippen LogP contribution in [0, 0.1) is 11.8 Å². The Bertz CT molecular complexity index is 890. The number of piperidine rings is 1. The zero-order valence-electron chi connectivity index (χ0n) is 22.6. The molecule has 3 rings (SSSR count). The van der Waals surface area contributed by atoms with Crippen LogP contribution in [0.4, 0.5) is 0 Å². The second-order valence-corrected chi connectivity index (χ2v) is 5.87. The van der Waals surface area contributed by atoms with E-state index in [1.54, 1.807) is 17.0 Å². The topological polar surface area (TPSA) is 41.9 Å². The van der Waals surface area contributed by atoms with Gasteiger partial charge in [0.25, 0.3) is 0 Å². The van der Waals surface area contributed by atoms with E-state index in [2.05, 4.69) is 0 Å². The first-order valence-electron chi connectivity index (χ1n) is 12.1. The number of nitrogens with zero attached hydrogens (tertiary/aromatic N) is 1. The Balaban J connectivity index is 2.13. The van der Waals surface area contributed by atoms with Crippen LogP contribution in [0.5, 0.6) is 11.5 Å². The molecule has 0 aliphatic carbocycles. The smallest absolute Gasteiger partial charge is 0.161 e. The number of hydrogen-bond donors (Lipinski definition) is 1. The van der Waals surface area contributed by atoms with Gasteiger partial charge in [0.15, 0.2) is 11.5 Å². The van der Waals surface area contributed by atoms with Crippen molar-refractivity contribution in [1.82, 2.24) is 4.90 Å². The molecule has 4 atom stereocenters. The van der Waals surface area contributed by atoms with Gasteiger partial charge in [0, 0.05) is 31.5 Å². The highest BCUT2D eigenvalue weighted by Crippen LogP contribution is 2.43. The molecule has 1 aromatic rings. The number of ether oxygens (including phenoxy) is 2. The predicted octanol–water partition coefficient (Wildman–Crippen LogP) is 3.03. The van der Waals surface area contributed by atoms with Crippen LogP contribution in [0.25, 0.3) is 0 Å². The molecular weight excluding hydrogens is 290 g/mol. The highest BCUT2D eigenvalue weighted by Gasteiger charge is 2.38. The Morgan fingerprint density at radius 2 is 2.26 bits per heavy atom. The van der Waals surface area contributed by atoms with Crippen molar-refractivity contribution in [3.63, 3.8) is 0 Å². The Morgan fingerprint density at radius 1 is 1.52 bits per heavy atom. The van der Waals surface area contributed by atoms with Crippen molar-refractivity contribution >= 4 is 0 Å². The number of rotatable bonds is 4. The highest BCUT2D eigenvalue weighted by atomic mass is 16.5. The van der Waals surface area contributed by atoms with Crippen LogP contribution in [-0.2, 0) is 6.42 Å². The van der Waals surface area contributed by atoms with E-state index >= 15 is 0 Å². The molecule has 128 valence electrons. The fourth-order valence-corrected chi connectivity index (χ4v) is 3.27. The van der Waals surface area contributed by atoms with Crippen molar-refractivity contribution in [2.24, 2.45) is 11.8 Å². The van der Waals surface area contributed by atoms with Gasteiger partial charge in [-0.25, -0.2) is 0 Å². The van der Waals surface area contributed by atoms with E-state index < -0.39 is 50.1 Å². The zero-order valence-corrected chi connectivity index (χ0v) is 13.6. The van der Waals surface area contributed by atoms with Gasteiger partial charge >= 0.3 is 0 Å². The van der Waals surface area contributed by atoms with E-state index in [1.165, 1.54) is 14.2 Å². The van der Waals surface area contributed by atoms with Crippen LogP contribution in [0.2, 0.25) is 0 Å². The molecular formula is C19H29NO3. The molecule has 1 N–H and O–H groups in total. The predicted molar refractivity (Wildman–Crippen MR) is 91.1 cm³/mol. The minimum absolute atomic E-state index is 0.262. The number of fused-ring (bicyclic) bond motifs is 3. The summed E-state index contributed by atoms with van der Waals surface area (Å²) in [7, 11) is 2.94. The summed E-state index contributed by atoms with van der Waals surface area (Å²) >= 11 is 0. The van der Waals surface area contributed by atoms with Crippen molar-refractivity contribution in [3.8, 4) is 11.5 Å². The van der Waals surface area contributed by atoms with Crippen LogP contribution in [-0.4, -0.2) is 43.4 Å². The molecule has 1 saturated heterocycles. The average molecular weight is 328 g/mol. The summed E-state index contributed by atoms with van der Waals surface area (Å²) in [6, 6.07) is 2.35. The number of aliphatic hydroxyl groups excluding tert-OH is 1. The standard InChI is InChI=1S/C19H29NO3/c1-12(2)7-14-11-20-6-5-13-8-18(22-3)19(23-4)9-15(13)16(20)10-17(14)21/h8-9,12,14,16-17,21H,5-7,10-11H2,1-4H3/t14-,16-,17+/m0/s1/i1D3,7D2,10D2,12D,14D/t12?,14-,16-,17+. The summed E-state index contributed by atoms with van der Waals surface area (Å²) in [5.41, 5.74) is 1.32. The Morgan fingerprint density at radius 3 is 2.96 bits per heavy atom. The third kappa shape index (κ3) is 3.20. The first-order chi connectivity index (χ1) is 14.5. The largest absolute Gasteiger partial charge is 0.493 e. The Kier molecular flexibility index (Phi) is 2.54. The van der Waals surface area contributed by atoms with Crippen molar-refractivity contribution in [1.29, 1.82) is 0 Å². The molecule has 0 spiro atoms. The molecule has 0 bridgehead atoms. The molecule has 1 unspecified atom stereocenters. The Hall–Kier alpha value is -1.26. The summed E-state index contributed by atoms with van der Waals surface area (Å²) in [6.07, 6.45) is -7.33. The third-order valence-electron chi connectivity index (χ3n) is 4.34. The fourth-order valence-electron chi connectivity index (χ4n) is 3.27. The number of hydrogen-bond acceptors (Lipinski definition) is 4. The second-order valence-electron chi connectivity index (χ2n) is 5.87. The molecule has 1 fully saturated rings. The van der Waals surface area contributed by atoms with Crippen LogP contribution < -0.4 is 9.47 Å². The summed E-state index contributed by atoms with van der Waals surface area (Å²) in [4.78, 5) is 1.56. The molecule has 23 heavy (non-hydrogen) atoms. The first kappa shape index (κ1) is 8.72. The third-order valence-corrected chi connectivity index (χ3v) is 4.34. The minimum atomic E-state index is -3.09. The summed E-state index contributed by atoms with van der Waals surface area (Å²) in [6.45, 7) is -2.40. The zero-order chi connectivity index (χ0) is 24.5. The van der Waals surface area contributed by atoms with Gasteiger partial charge < -0.3 is 14.6 Å². The quantitative estimate of drug-likeness (QED) is 0.922. The van der Waals surface area contributed by atoms with Gasteiger partial charge in [-0.3, -0.25) is 4.90 Å². The lowest BCUT2D eigenvalue weighted by Gasteiger charge is -2.46. The maximum Gasteiger partial charge on any atom is 0.161 e. The van der Waals surface area contributed by atoms with Crippen molar-refractivity contribution < 1.29 is 26.9 Å². The van der Waals surface area contributed by atoms with Gasteiger partial charge in [0.1, 0.15) is 0 Å². The van der Waals surface area contributed by atoms with E-state index in [0.29, 0.717) is 23.5 Å². The molecule has 2 aliphatic rings. The van der Waals surface area contributed by atoms with Gasteiger partial charge in [0.2, 0.25) is 0 Å². The van der Waals surface area contributed by atoms with Crippen LogP contribution in [0.15, 0.2) is 12.1 Å². The highest BCUT2D eigenvalue weighted by molar-refractivity contribution is 5.49. The summed E-state index contributed by atoms with van der Waals surface area (Å²) in [5.74, 6) is -4.51. The lowest BCUT2D eigenvalue weighted by atomic mass is 9.79. The molecule has 0 amide bonds. The molecule has 4 heteroatoms. The molecule has 2 aliphatic heterocycles. The maximum absolute atomic E-state index is 11.1. The van der Waals surface area contributed by atoms with E-state index in [-0.39, 0.29) is 6.54 Å². The van der Waals surface area contributed by atoms with Crippen LogP contribution in [0.1, 0.15) is 56.0 Å². The van der Waals surface area contributed by atoms with E-state index in [9.17, 15) is 5.11 Å². The average Bonchev–Trinajstić information content (AvgIpc) is 2.69. The number of aliphatic hydroxyl groups is 1. The lowest BCUT2D eigenvalue weighted by molar-refractivity contribution is -0.0191. The SMILES string of the molecule is [2H]C1([2H])[C@@H](O)[C@@]([2H])(C([2H])([2H])C([2H])(C)C([2H])([2H])[2H])CN2CCc3cc(OC)c(OC)cc3[C@@H]21. The minimum Gasteiger partial charge on any atom is -0.493 e. The van der Waals surface area contributed by atoms with Gasteiger partial charge in [-0.1, -0.05) is 13.8 Å². The second kappa shape index (κ2) is 6.70.